The third-order valence-corrected chi connectivity index (χ3v) is 3.88. The third-order valence-electron chi connectivity index (χ3n) is 3.88. The average molecular weight is 256 g/mol. The smallest absolute Gasteiger partial charge is 0.243 e. The molecule has 1 heterocycles. The first-order chi connectivity index (χ1) is 9.31. The van der Waals surface area contributed by atoms with Crippen LogP contribution in [0.3, 0.4) is 0 Å². The van der Waals surface area contributed by atoms with E-state index in [1.54, 1.807) is 0 Å². The zero-order valence-corrected chi connectivity index (χ0v) is 11.3. The fourth-order valence-corrected chi connectivity index (χ4v) is 2.86. The Bertz CT molecular complexity index is 555. The van der Waals surface area contributed by atoms with Gasteiger partial charge in [-0.15, -0.1) is 10.2 Å². The number of rotatable bonds is 2. The molecule has 2 aromatic rings. The highest BCUT2D eigenvalue weighted by Gasteiger charge is 2.18. The molecule has 19 heavy (non-hydrogen) atoms. The number of anilines is 1. The predicted octanol–water partition coefficient (Wildman–Crippen LogP) is 3.41. The van der Waals surface area contributed by atoms with E-state index in [2.05, 4.69) is 27.4 Å². The van der Waals surface area contributed by atoms with Crippen molar-refractivity contribution in [2.45, 2.75) is 45.1 Å². The van der Waals surface area contributed by atoms with Gasteiger partial charge in [0.1, 0.15) is 5.52 Å². The summed E-state index contributed by atoms with van der Waals surface area (Å²) in [6.45, 7) is 2.33. The van der Waals surface area contributed by atoms with Gasteiger partial charge in [-0.1, -0.05) is 38.3 Å². The zero-order valence-electron chi connectivity index (χ0n) is 11.3. The molecule has 1 aliphatic rings. The average Bonchev–Trinajstić information content (AvgIpc) is 2.63. The molecule has 0 spiro atoms. The van der Waals surface area contributed by atoms with Crippen LogP contribution in [0.1, 0.15) is 39.0 Å². The summed E-state index contributed by atoms with van der Waals surface area (Å²) in [5, 5.41) is 11.9. The van der Waals surface area contributed by atoms with E-state index < -0.39 is 0 Å². The van der Waals surface area contributed by atoms with Crippen LogP contribution in [0, 0.1) is 5.92 Å². The molecule has 4 heteroatoms. The van der Waals surface area contributed by atoms with Crippen LogP contribution < -0.4 is 5.32 Å². The Morgan fingerprint density at radius 3 is 2.74 bits per heavy atom. The maximum atomic E-state index is 4.54. The van der Waals surface area contributed by atoms with E-state index in [0.717, 1.165) is 17.0 Å². The summed E-state index contributed by atoms with van der Waals surface area (Å²) >= 11 is 0. The van der Waals surface area contributed by atoms with Gasteiger partial charge in [0.2, 0.25) is 5.95 Å². The van der Waals surface area contributed by atoms with E-state index in [4.69, 9.17) is 0 Å². The second-order valence-corrected chi connectivity index (χ2v) is 5.59. The zero-order chi connectivity index (χ0) is 13.1. The molecule has 0 aliphatic heterocycles. The van der Waals surface area contributed by atoms with Crippen LogP contribution in [0.25, 0.3) is 11.0 Å². The van der Waals surface area contributed by atoms with E-state index in [-0.39, 0.29) is 0 Å². The Kier molecular flexibility index (Phi) is 3.58. The quantitative estimate of drug-likeness (QED) is 0.837. The molecule has 4 nitrogen and oxygen atoms in total. The number of benzene rings is 1. The molecule has 0 saturated heterocycles. The molecule has 1 aromatic heterocycles. The summed E-state index contributed by atoms with van der Waals surface area (Å²) in [6, 6.07) is 8.34. The van der Waals surface area contributed by atoms with Crippen molar-refractivity contribution in [3.05, 3.63) is 24.3 Å². The molecule has 1 fully saturated rings. The number of nitrogens with one attached hydrogen (secondary N) is 1. The van der Waals surface area contributed by atoms with E-state index in [1.807, 2.05) is 24.3 Å². The van der Waals surface area contributed by atoms with Gasteiger partial charge in [0, 0.05) is 6.04 Å². The summed E-state index contributed by atoms with van der Waals surface area (Å²) in [4.78, 5) is 4.54. The molecule has 0 amide bonds. The molecule has 0 bridgehead atoms. The Morgan fingerprint density at radius 1 is 1.05 bits per heavy atom. The lowest BCUT2D eigenvalue weighted by Crippen LogP contribution is -2.22. The van der Waals surface area contributed by atoms with Gasteiger partial charge in [0.25, 0.3) is 0 Å². The standard InChI is InChI=1S/C15H20N4/c1-11-6-2-3-7-12(10-11)16-15-17-13-8-4-5-9-14(13)18-19-15/h4-5,8-9,11-12H,2-3,6-7,10H2,1H3,(H,16,17,19)/t11?,12-/m0/s1. The van der Waals surface area contributed by atoms with Crippen LogP contribution in [0.5, 0.6) is 0 Å². The van der Waals surface area contributed by atoms with Gasteiger partial charge in [-0.25, -0.2) is 4.98 Å². The molecular weight excluding hydrogens is 236 g/mol. The summed E-state index contributed by atoms with van der Waals surface area (Å²) < 4.78 is 0. The maximum absolute atomic E-state index is 4.54. The summed E-state index contributed by atoms with van der Waals surface area (Å²) in [7, 11) is 0. The van der Waals surface area contributed by atoms with Gasteiger partial charge in [-0.05, 0) is 30.9 Å². The van der Waals surface area contributed by atoms with Gasteiger partial charge in [-0.3, -0.25) is 0 Å². The van der Waals surface area contributed by atoms with Crippen molar-refractivity contribution in [2.24, 2.45) is 5.92 Å². The Hall–Kier alpha value is -1.71. The van der Waals surface area contributed by atoms with E-state index in [1.165, 1.54) is 32.1 Å². The highest BCUT2D eigenvalue weighted by Crippen LogP contribution is 2.24. The lowest BCUT2D eigenvalue weighted by Gasteiger charge is -2.18. The Labute approximate surface area is 113 Å². The molecule has 2 atom stereocenters. The van der Waals surface area contributed by atoms with Crippen molar-refractivity contribution < 1.29 is 0 Å². The van der Waals surface area contributed by atoms with E-state index in [9.17, 15) is 0 Å². The molecule has 1 aromatic carbocycles. The van der Waals surface area contributed by atoms with Crippen molar-refractivity contribution in [3.63, 3.8) is 0 Å². The van der Waals surface area contributed by atoms with Crippen LogP contribution in [-0.4, -0.2) is 21.2 Å². The first-order valence-electron chi connectivity index (χ1n) is 7.17. The van der Waals surface area contributed by atoms with E-state index in [0.29, 0.717) is 12.0 Å². The largest absolute Gasteiger partial charge is 0.350 e. The summed E-state index contributed by atoms with van der Waals surface area (Å²) in [5.74, 6) is 1.45. The van der Waals surface area contributed by atoms with Gasteiger partial charge >= 0.3 is 0 Å². The highest BCUT2D eigenvalue weighted by atomic mass is 15.2. The first-order valence-corrected chi connectivity index (χ1v) is 7.17. The predicted molar refractivity (Wildman–Crippen MR) is 77.0 cm³/mol. The van der Waals surface area contributed by atoms with Crippen molar-refractivity contribution in [2.75, 3.05) is 5.32 Å². The summed E-state index contributed by atoms with van der Waals surface area (Å²) in [5.41, 5.74) is 1.75. The van der Waals surface area contributed by atoms with Crippen molar-refractivity contribution in [1.82, 2.24) is 15.2 Å². The molecule has 1 N–H and O–H groups in total. The third kappa shape index (κ3) is 3.00. The minimum absolute atomic E-state index is 0.487. The van der Waals surface area contributed by atoms with Gasteiger partial charge in [-0.2, -0.15) is 0 Å². The molecule has 1 aliphatic carbocycles. The Morgan fingerprint density at radius 2 is 1.84 bits per heavy atom. The molecule has 1 saturated carbocycles. The molecular formula is C15H20N4. The lowest BCUT2D eigenvalue weighted by molar-refractivity contribution is 0.482. The first kappa shape index (κ1) is 12.3. The molecule has 100 valence electrons. The van der Waals surface area contributed by atoms with Crippen molar-refractivity contribution in [1.29, 1.82) is 0 Å². The van der Waals surface area contributed by atoms with Crippen molar-refractivity contribution in [3.8, 4) is 0 Å². The van der Waals surface area contributed by atoms with Crippen molar-refractivity contribution >= 4 is 17.0 Å². The van der Waals surface area contributed by atoms with E-state index >= 15 is 0 Å². The number of aromatic nitrogens is 3. The maximum Gasteiger partial charge on any atom is 0.243 e. The molecule has 1 unspecified atom stereocenters. The van der Waals surface area contributed by atoms with Gasteiger partial charge < -0.3 is 5.32 Å². The number of para-hydroxylation sites is 1. The fraction of sp³-hybridized carbons (Fsp3) is 0.533. The van der Waals surface area contributed by atoms with Crippen LogP contribution in [0.2, 0.25) is 0 Å². The topological polar surface area (TPSA) is 50.7 Å². The number of fused-ring (bicyclic) bond motifs is 1. The lowest BCUT2D eigenvalue weighted by atomic mass is 10.0. The van der Waals surface area contributed by atoms with Gasteiger partial charge in [0.05, 0.1) is 5.52 Å². The minimum Gasteiger partial charge on any atom is -0.350 e. The second-order valence-electron chi connectivity index (χ2n) is 5.59. The SMILES string of the molecule is CC1CCCC[C@H](Nc2nnc3ccccc3n2)C1. The number of hydrogen-bond acceptors (Lipinski definition) is 4. The van der Waals surface area contributed by atoms with Crippen LogP contribution in [-0.2, 0) is 0 Å². The second kappa shape index (κ2) is 5.51. The molecule has 3 rings (SSSR count). The number of nitrogens with zero attached hydrogens (tertiary/aromatic N) is 3. The molecule has 0 radical (unpaired) electrons. The fourth-order valence-electron chi connectivity index (χ4n) is 2.86. The summed E-state index contributed by atoms with van der Waals surface area (Å²) in [6.07, 6.45) is 6.39. The monoisotopic (exact) mass is 256 g/mol. The van der Waals surface area contributed by atoms with Crippen LogP contribution >= 0.6 is 0 Å². The number of hydrogen-bond donors (Lipinski definition) is 1. The highest BCUT2D eigenvalue weighted by molar-refractivity contribution is 5.74. The van der Waals surface area contributed by atoms with Gasteiger partial charge in [0.15, 0.2) is 0 Å². The normalized spacial score (nSPS) is 24.1. The van der Waals surface area contributed by atoms with Crippen LogP contribution in [0.15, 0.2) is 24.3 Å². The van der Waals surface area contributed by atoms with Crippen LogP contribution in [0.4, 0.5) is 5.95 Å². The Balaban J connectivity index is 1.76. The minimum atomic E-state index is 0.487.